The van der Waals surface area contributed by atoms with Crippen LogP contribution in [0.1, 0.15) is 111 Å². The number of benzene rings is 7. The van der Waals surface area contributed by atoms with E-state index in [2.05, 4.69) is 31.9 Å². The third kappa shape index (κ3) is 17.6. The van der Waals surface area contributed by atoms with Crippen molar-refractivity contribution in [3.63, 3.8) is 0 Å². The predicted molar refractivity (Wildman–Crippen MR) is 406 cm³/mol. The predicted octanol–water partition coefficient (Wildman–Crippen LogP) is 2.45. The maximum Gasteiger partial charge on any atom is 0.248 e. The quantitative estimate of drug-likeness (QED) is 0.0788. The van der Waals surface area contributed by atoms with Crippen LogP contribution < -0.4 is 69.0 Å². The molecule has 7 aliphatic heterocycles. The SMILES string of the molecule is C[C@H]1O[C@@H](O[C@@H]2[C@H](Oc3c4cc5cc3Oc3ccc(cc3Cl)[C@@H](O)[C@@H](N)C(=O)N[C@@H](CC(N)=O)C(=O)N[C@H]5C(=O)N[C@H]3C(=O)N[C@H](C(=O)N[C@H](C(=O)NCc5ccc(-c6ccc(Cl)cc6)cc5)c5cc(O)cc(O)c5-c5cc3ccc5O)[C@H](O[C@H]3C[C@@](C)(N)[C@@H](O)[C@@H](C)O3)c3cccc(c3)O4)O[C@@H](CO)[C@H](O)[C@H]2O)C[C@@](C)(N)[C@H]1O. The van der Waals surface area contributed by atoms with Crippen molar-refractivity contribution in [2.45, 2.75) is 181 Å². The number of halogens is 2. The zero-order valence-corrected chi connectivity index (χ0v) is 63.4. The number of amides is 7. The van der Waals surface area contributed by atoms with Crippen molar-refractivity contribution in [3.05, 3.63) is 177 Å². The molecule has 14 rings (SSSR count). The van der Waals surface area contributed by atoms with Gasteiger partial charge in [0.05, 0.1) is 42.5 Å². The van der Waals surface area contributed by atoms with Crippen molar-refractivity contribution in [1.29, 1.82) is 0 Å². The standard InChI is InChI=1S/C79H86Cl2N10O24/c1-32-69(100)78(3,84)28-55(108-32)113-66-39-6-5-7-43(20-39)110-51-23-40-24-52(67(51)115-77-68(65(99)64(98)53(31-92)112-77)114-56-29-79(4,85)70(101)33(2)109-56)111-50-19-15-38(22-46(50)81)63(97)58(83)72(103)87-47(27-54(82)96)71(102)88-60(40)75(106)89-59-37-14-18-48(94)44(21-37)57-45(25-42(93)26-49(57)95)61(90-76(107)62(66)91-74(59)105)73(104)86-30-34-8-10-35(11-9-34)36-12-16-41(80)17-13-36/h5-26,32-33,47,53,55-56,58-66,68-70,77,92-95,97-101H,27-31,83-85H2,1-4H3,(H2,82,96)(H,86,104)(H,87,103)(H,88,102)(H,89,106)(H,90,107)(H,91,105)/t32-,33-,47+,53+,55+,56+,58-,59-,60-,61+,62+,63-,64+,65-,66-,68+,69+,70+,77+,78-,79-/m1/s1. The molecule has 7 aromatic rings. The molecule has 0 unspecified atom stereocenters. The van der Waals surface area contributed by atoms with Crippen molar-refractivity contribution in [3.8, 4) is 68.2 Å². The number of fused-ring (bicyclic) bond motifs is 19. The van der Waals surface area contributed by atoms with Gasteiger partial charge in [-0.05, 0) is 139 Å². The van der Waals surface area contributed by atoms with Gasteiger partial charge in [-0.2, -0.15) is 0 Å². The number of carbonyl (C=O) groups excluding carboxylic acids is 7. The highest BCUT2D eigenvalue weighted by atomic mass is 35.5. The molecule has 7 aliphatic rings. The summed E-state index contributed by atoms with van der Waals surface area (Å²) in [6, 6.07) is 18.0. The van der Waals surface area contributed by atoms with Crippen LogP contribution in [0.3, 0.4) is 0 Å². The van der Waals surface area contributed by atoms with E-state index in [9.17, 15) is 55.5 Å². The van der Waals surface area contributed by atoms with Crippen molar-refractivity contribution in [2.24, 2.45) is 22.9 Å². The molecule has 0 aliphatic carbocycles. The van der Waals surface area contributed by atoms with Crippen molar-refractivity contribution in [1.82, 2.24) is 31.9 Å². The van der Waals surface area contributed by atoms with Crippen LogP contribution in [0, 0.1) is 0 Å². The van der Waals surface area contributed by atoms with Crippen LogP contribution in [0.5, 0.6) is 46.0 Å². The van der Waals surface area contributed by atoms with E-state index in [0.717, 1.165) is 59.7 Å². The molecule has 0 saturated carbocycles. The lowest BCUT2D eigenvalue weighted by atomic mass is 9.86. The molecule has 3 saturated heterocycles. The normalized spacial score (nSPS) is 31.0. The molecule has 36 heteroatoms. The Bertz CT molecular complexity index is 4890. The van der Waals surface area contributed by atoms with Gasteiger partial charge in [0, 0.05) is 52.7 Å². The Balaban J connectivity index is 1.04. The molecule has 610 valence electrons. The molecule has 7 aromatic carbocycles. The molecule has 7 heterocycles. The van der Waals surface area contributed by atoms with Crippen molar-refractivity contribution < 1.29 is 117 Å². The number of nitrogens with one attached hydrogen (secondary N) is 6. The second kappa shape index (κ2) is 33.5. The lowest BCUT2D eigenvalue weighted by molar-refractivity contribution is -0.333. The first-order valence-electron chi connectivity index (χ1n) is 36.6. The molecule has 21 atom stereocenters. The number of nitrogens with two attached hydrogens (primary N) is 4. The van der Waals surface area contributed by atoms with E-state index < -0.39 is 227 Å². The third-order valence-electron chi connectivity index (χ3n) is 21.0. The van der Waals surface area contributed by atoms with Crippen molar-refractivity contribution in [2.75, 3.05) is 6.61 Å². The van der Waals surface area contributed by atoms with E-state index in [0.29, 0.717) is 10.6 Å². The van der Waals surface area contributed by atoms with E-state index in [1.807, 2.05) is 12.1 Å². The topological polar surface area (TPSA) is 552 Å². The van der Waals surface area contributed by atoms with E-state index >= 15 is 24.0 Å². The van der Waals surface area contributed by atoms with E-state index in [4.69, 9.17) is 84.0 Å². The number of aliphatic hydroxyl groups is 6. The summed E-state index contributed by atoms with van der Waals surface area (Å²) in [5, 5.41) is 120. The fourth-order valence-corrected chi connectivity index (χ4v) is 15.2. The molecule has 0 radical (unpaired) electrons. The summed E-state index contributed by atoms with van der Waals surface area (Å²) in [6.07, 6.45) is -22.4. The number of primary amides is 1. The zero-order chi connectivity index (χ0) is 82.5. The maximum atomic E-state index is 16.4. The Labute approximate surface area is 666 Å². The van der Waals surface area contributed by atoms with Crippen LogP contribution >= 0.6 is 23.2 Å². The van der Waals surface area contributed by atoms with Gasteiger partial charge < -0.3 is 139 Å². The van der Waals surface area contributed by atoms with Gasteiger partial charge in [-0.15, -0.1) is 0 Å². The maximum absolute atomic E-state index is 16.4. The average molecular weight is 1630 g/mol. The first-order valence-corrected chi connectivity index (χ1v) is 37.3. The molecule has 0 aromatic heterocycles. The number of carbonyl (C=O) groups is 7. The summed E-state index contributed by atoms with van der Waals surface area (Å²) < 4.78 is 52.3. The fourth-order valence-electron chi connectivity index (χ4n) is 14.8. The smallest absolute Gasteiger partial charge is 0.248 e. The molecular weight excluding hydrogens is 1540 g/mol. The molecule has 23 N–H and O–H groups in total. The highest BCUT2D eigenvalue weighted by Crippen LogP contribution is 2.50. The summed E-state index contributed by atoms with van der Waals surface area (Å²) in [4.78, 5) is 107. The summed E-state index contributed by atoms with van der Waals surface area (Å²) in [6.45, 7) is 4.86. The van der Waals surface area contributed by atoms with Crippen LogP contribution in [-0.4, -0.2) is 191 Å². The number of ether oxygens (including phenoxy) is 8. The highest BCUT2D eigenvalue weighted by Gasteiger charge is 2.52. The summed E-state index contributed by atoms with van der Waals surface area (Å²) >= 11 is 13.2. The Morgan fingerprint density at radius 3 is 1.88 bits per heavy atom. The number of aromatic hydroxyl groups is 3. The molecular formula is C79H86Cl2N10O24. The minimum Gasteiger partial charge on any atom is -0.508 e. The summed E-state index contributed by atoms with van der Waals surface area (Å²) in [5.41, 5.74) is 22.7. The van der Waals surface area contributed by atoms with Crippen LogP contribution in [0.4, 0.5) is 0 Å². The molecule has 115 heavy (non-hydrogen) atoms. The van der Waals surface area contributed by atoms with Crippen LogP contribution in [-0.2, 0) is 63.8 Å². The highest BCUT2D eigenvalue weighted by molar-refractivity contribution is 6.32. The van der Waals surface area contributed by atoms with Crippen LogP contribution in [0.15, 0.2) is 133 Å². The molecule has 3 fully saturated rings. The Hall–Kier alpha value is -10.3. The zero-order valence-electron chi connectivity index (χ0n) is 61.9. The van der Waals surface area contributed by atoms with Gasteiger partial charge in [0.1, 0.15) is 95.5 Å². The van der Waals surface area contributed by atoms with Gasteiger partial charge in [-0.1, -0.05) is 83.9 Å². The van der Waals surface area contributed by atoms with Crippen LogP contribution in [0.25, 0.3) is 22.3 Å². The molecule has 34 nitrogen and oxygen atoms in total. The average Bonchev–Trinajstić information content (AvgIpc) is 1.74. The Morgan fingerprint density at radius 2 is 1.23 bits per heavy atom. The Morgan fingerprint density at radius 1 is 0.617 bits per heavy atom. The lowest BCUT2D eigenvalue weighted by Crippen LogP contribution is -2.64. The van der Waals surface area contributed by atoms with Gasteiger partial charge in [0.15, 0.2) is 30.2 Å². The van der Waals surface area contributed by atoms with E-state index in [1.165, 1.54) is 64.1 Å². The van der Waals surface area contributed by atoms with Gasteiger partial charge >= 0.3 is 0 Å². The van der Waals surface area contributed by atoms with Gasteiger partial charge in [-0.25, -0.2) is 0 Å². The second-order valence-corrected chi connectivity index (χ2v) is 30.6. The largest absolute Gasteiger partial charge is 0.508 e. The number of phenols is 3. The molecule has 11 bridgehead atoms. The number of aliphatic hydroxyl groups excluding tert-OH is 6. The molecule has 0 spiro atoms. The van der Waals surface area contributed by atoms with Gasteiger partial charge in [-0.3, -0.25) is 33.6 Å². The number of hydrogen-bond acceptors (Lipinski definition) is 27. The number of phenolic OH excluding ortho intramolecular Hbond substituents is 3. The summed E-state index contributed by atoms with van der Waals surface area (Å²) in [5.74, 6) is -13.2. The van der Waals surface area contributed by atoms with E-state index in [-0.39, 0.29) is 63.7 Å². The Kier molecular flexibility index (Phi) is 24.0. The first-order chi connectivity index (χ1) is 54.5. The van der Waals surface area contributed by atoms with E-state index in [1.54, 1.807) is 36.4 Å². The fraction of sp³-hybridized carbons (Fsp3) is 0.380. The minimum atomic E-state index is -2.29. The number of hydrogen-bond donors (Lipinski definition) is 19. The first kappa shape index (κ1) is 82.6. The minimum absolute atomic E-state index is 0.0871. The third-order valence-corrected chi connectivity index (χ3v) is 21.6. The second-order valence-electron chi connectivity index (χ2n) is 29.8. The number of rotatable bonds is 13. The van der Waals surface area contributed by atoms with Gasteiger partial charge in [0.2, 0.25) is 53.4 Å². The van der Waals surface area contributed by atoms with Crippen LogP contribution in [0.2, 0.25) is 10.0 Å². The monoisotopic (exact) mass is 1630 g/mol. The molecule has 7 amide bonds. The summed E-state index contributed by atoms with van der Waals surface area (Å²) in [7, 11) is 0. The van der Waals surface area contributed by atoms with Crippen molar-refractivity contribution >= 4 is 64.6 Å². The lowest BCUT2D eigenvalue weighted by Gasteiger charge is -2.47. The van der Waals surface area contributed by atoms with Gasteiger partial charge in [0.25, 0.3) is 0 Å².